The molecule has 0 amide bonds. The summed E-state index contributed by atoms with van der Waals surface area (Å²) in [5.74, 6) is 0. The van der Waals surface area contributed by atoms with Gasteiger partial charge >= 0.3 is 0 Å². The fraction of sp³-hybridized carbons (Fsp3) is 1.00. The van der Waals surface area contributed by atoms with Crippen LogP contribution >= 0.6 is 12.4 Å². The molecule has 2 heterocycles. The Hall–Kier alpha value is 0.0800. The minimum atomic E-state index is -3.35. The summed E-state index contributed by atoms with van der Waals surface area (Å²) >= 11 is 0. The van der Waals surface area contributed by atoms with Crippen LogP contribution in [-0.4, -0.2) is 68.5 Å². The average molecular weight is 328 g/mol. The van der Waals surface area contributed by atoms with Gasteiger partial charge in [0.25, 0.3) is 10.2 Å². The first-order chi connectivity index (χ1) is 8.93. The number of nitrogens with zero attached hydrogens (tertiary/aromatic N) is 2. The van der Waals surface area contributed by atoms with Gasteiger partial charge in [-0.3, -0.25) is 0 Å². The van der Waals surface area contributed by atoms with Crippen molar-refractivity contribution in [1.29, 1.82) is 0 Å². The Bertz CT molecular complexity index is 397. The lowest BCUT2D eigenvalue weighted by molar-refractivity contribution is -0.0456. The molecule has 20 heavy (non-hydrogen) atoms. The van der Waals surface area contributed by atoms with Gasteiger partial charge < -0.3 is 10.1 Å². The number of halogens is 1. The maximum atomic E-state index is 12.7. The molecule has 0 saturated carbocycles. The zero-order valence-electron chi connectivity index (χ0n) is 12.4. The molecule has 0 aromatic rings. The zero-order chi connectivity index (χ0) is 14.0. The SMILES string of the molecule is CNC1CCCN(S(=O)(=O)N2CC(C)OC(C)C2)C1.Cl. The van der Waals surface area contributed by atoms with Gasteiger partial charge in [-0.1, -0.05) is 0 Å². The van der Waals surface area contributed by atoms with Crippen LogP contribution < -0.4 is 5.32 Å². The highest BCUT2D eigenvalue weighted by Gasteiger charge is 2.37. The molecule has 2 saturated heterocycles. The highest BCUT2D eigenvalue weighted by Crippen LogP contribution is 2.21. The van der Waals surface area contributed by atoms with E-state index in [0.29, 0.717) is 26.2 Å². The second-order valence-corrected chi connectivity index (χ2v) is 7.50. The third-order valence-electron chi connectivity index (χ3n) is 3.83. The molecular weight excluding hydrogens is 302 g/mol. The molecule has 3 atom stereocenters. The summed E-state index contributed by atoms with van der Waals surface area (Å²) in [4.78, 5) is 0. The van der Waals surface area contributed by atoms with Gasteiger partial charge in [-0.25, -0.2) is 0 Å². The number of likely N-dealkylation sites (N-methyl/N-ethyl adjacent to an activating group) is 1. The van der Waals surface area contributed by atoms with E-state index in [1.807, 2.05) is 20.9 Å². The number of rotatable bonds is 3. The molecule has 1 N–H and O–H groups in total. The Labute approximate surface area is 128 Å². The molecule has 0 aliphatic carbocycles. The number of nitrogens with one attached hydrogen (secondary N) is 1. The van der Waals surface area contributed by atoms with E-state index in [0.717, 1.165) is 12.8 Å². The molecule has 0 spiro atoms. The summed E-state index contributed by atoms with van der Waals surface area (Å²) in [6.07, 6.45) is 1.88. The van der Waals surface area contributed by atoms with Gasteiger partial charge in [-0.15, -0.1) is 12.4 Å². The summed E-state index contributed by atoms with van der Waals surface area (Å²) in [5.41, 5.74) is 0. The van der Waals surface area contributed by atoms with Gasteiger partial charge in [-0.2, -0.15) is 17.0 Å². The Morgan fingerprint density at radius 2 is 1.70 bits per heavy atom. The largest absolute Gasteiger partial charge is 0.373 e. The third kappa shape index (κ3) is 4.05. The van der Waals surface area contributed by atoms with E-state index in [2.05, 4.69) is 5.32 Å². The van der Waals surface area contributed by atoms with E-state index in [-0.39, 0.29) is 30.7 Å². The number of hydrogen-bond acceptors (Lipinski definition) is 4. The monoisotopic (exact) mass is 327 g/mol. The Morgan fingerprint density at radius 1 is 1.10 bits per heavy atom. The van der Waals surface area contributed by atoms with Crippen LogP contribution in [-0.2, 0) is 14.9 Å². The molecule has 3 unspecified atom stereocenters. The maximum absolute atomic E-state index is 12.7. The number of ether oxygens (including phenoxy) is 1. The van der Waals surface area contributed by atoms with Gasteiger partial charge in [0.15, 0.2) is 0 Å². The summed E-state index contributed by atoms with van der Waals surface area (Å²) < 4.78 is 34.1. The number of morpholine rings is 1. The van der Waals surface area contributed by atoms with Gasteiger partial charge in [0.2, 0.25) is 0 Å². The van der Waals surface area contributed by atoms with Crippen molar-refractivity contribution in [3.63, 3.8) is 0 Å². The lowest BCUT2D eigenvalue weighted by Gasteiger charge is -2.39. The topological polar surface area (TPSA) is 61.9 Å². The normalized spacial score (nSPS) is 33.6. The Balaban J connectivity index is 0.00000200. The third-order valence-corrected chi connectivity index (χ3v) is 5.77. The number of piperidine rings is 1. The molecule has 0 radical (unpaired) electrons. The Kier molecular flexibility index (Phi) is 6.69. The first-order valence-electron chi connectivity index (χ1n) is 7.01. The highest BCUT2D eigenvalue weighted by atomic mass is 35.5. The fourth-order valence-electron chi connectivity index (χ4n) is 2.87. The summed E-state index contributed by atoms with van der Waals surface area (Å²) in [5, 5.41) is 3.18. The smallest absolute Gasteiger partial charge is 0.282 e. The van der Waals surface area contributed by atoms with E-state index < -0.39 is 10.2 Å². The standard InChI is InChI=1S/C12H25N3O3S.ClH/c1-10-7-15(8-11(2)18-10)19(16,17)14-6-4-5-12(9-14)13-3;/h10-13H,4-9H2,1-3H3;1H. The lowest BCUT2D eigenvalue weighted by atomic mass is 10.1. The summed E-state index contributed by atoms with van der Waals surface area (Å²) in [6.45, 7) is 5.94. The quantitative estimate of drug-likeness (QED) is 0.817. The molecule has 2 rings (SSSR count). The molecule has 0 aromatic heterocycles. The van der Waals surface area contributed by atoms with Gasteiger partial charge in [0, 0.05) is 32.2 Å². The van der Waals surface area contributed by atoms with E-state index in [9.17, 15) is 8.42 Å². The van der Waals surface area contributed by atoms with Crippen molar-refractivity contribution in [3.05, 3.63) is 0 Å². The van der Waals surface area contributed by atoms with E-state index in [4.69, 9.17) is 4.74 Å². The first-order valence-corrected chi connectivity index (χ1v) is 8.41. The molecule has 0 bridgehead atoms. The van der Waals surface area contributed by atoms with Crippen LogP contribution in [0.3, 0.4) is 0 Å². The van der Waals surface area contributed by atoms with Crippen LogP contribution in [0.1, 0.15) is 26.7 Å². The van der Waals surface area contributed by atoms with Crippen molar-refractivity contribution < 1.29 is 13.2 Å². The molecular formula is C12H26ClN3O3S. The van der Waals surface area contributed by atoms with Crippen LogP contribution in [0.15, 0.2) is 0 Å². The van der Waals surface area contributed by atoms with Gasteiger partial charge in [-0.05, 0) is 33.7 Å². The van der Waals surface area contributed by atoms with E-state index in [1.54, 1.807) is 8.61 Å². The second-order valence-electron chi connectivity index (χ2n) is 5.57. The van der Waals surface area contributed by atoms with Crippen molar-refractivity contribution in [2.45, 2.75) is 44.9 Å². The zero-order valence-corrected chi connectivity index (χ0v) is 14.0. The molecule has 8 heteroatoms. The van der Waals surface area contributed by atoms with Crippen molar-refractivity contribution >= 4 is 22.6 Å². The Morgan fingerprint density at radius 3 is 2.25 bits per heavy atom. The minimum Gasteiger partial charge on any atom is -0.373 e. The number of hydrogen-bond donors (Lipinski definition) is 1. The predicted molar refractivity (Wildman–Crippen MR) is 81.4 cm³/mol. The van der Waals surface area contributed by atoms with Gasteiger partial charge in [0.05, 0.1) is 12.2 Å². The van der Waals surface area contributed by atoms with Crippen molar-refractivity contribution in [2.24, 2.45) is 0 Å². The van der Waals surface area contributed by atoms with Crippen molar-refractivity contribution in [2.75, 3.05) is 33.2 Å². The minimum absolute atomic E-state index is 0. The highest BCUT2D eigenvalue weighted by molar-refractivity contribution is 7.86. The lowest BCUT2D eigenvalue weighted by Crippen LogP contribution is -2.56. The molecule has 0 aromatic carbocycles. The average Bonchev–Trinajstić information content (AvgIpc) is 2.37. The molecule has 120 valence electrons. The molecule has 6 nitrogen and oxygen atoms in total. The van der Waals surface area contributed by atoms with Crippen LogP contribution in [0.2, 0.25) is 0 Å². The van der Waals surface area contributed by atoms with Crippen LogP contribution in [0.4, 0.5) is 0 Å². The van der Waals surface area contributed by atoms with Crippen molar-refractivity contribution in [1.82, 2.24) is 13.9 Å². The van der Waals surface area contributed by atoms with E-state index in [1.165, 1.54) is 0 Å². The fourth-order valence-corrected chi connectivity index (χ4v) is 4.72. The van der Waals surface area contributed by atoms with Crippen LogP contribution in [0, 0.1) is 0 Å². The van der Waals surface area contributed by atoms with Gasteiger partial charge in [0.1, 0.15) is 0 Å². The van der Waals surface area contributed by atoms with E-state index >= 15 is 0 Å². The summed E-state index contributed by atoms with van der Waals surface area (Å²) in [6, 6.07) is 0.263. The second kappa shape index (κ2) is 7.38. The predicted octanol–water partition coefficient (Wildman–Crippen LogP) is 0.446. The van der Waals surface area contributed by atoms with Crippen molar-refractivity contribution in [3.8, 4) is 0 Å². The molecule has 2 aliphatic heterocycles. The summed E-state index contributed by atoms with van der Waals surface area (Å²) in [7, 11) is -1.46. The molecule has 2 aliphatic rings. The van der Waals surface area contributed by atoms with Crippen LogP contribution in [0.5, 0.6) is 0 Å². The first kappa shape index (κ1) is 18.1. The maximum Gasteiger partial charge on any atom is 0.282 e. The molecule has 2 fully saturated rings. The van der Waals surface area contributed by atoms with Crippen LogP contribution in [0.25, 0.3) is 0 Å².